The van der Waals surface area contributed by atoms with Crippen molar-refractivity contribution in [2.24, 2.45) is 0 Å². The van der Waals surface area contributed by atoms with E-state index in [1.165, 1.54) is 5.56 Å². The number of carbonyl (C=O) groups is 1. The van der Waals surface area contributed by atoms with Crippen molar-refractivity contribution < 1.29 is 4.79 Å². The molecule has 1 aromatic rings. The molecule has 1 unspecified atom stereocenters. The molecule has 3 nitrogen and oxygen atoms in total. The monoisotopic (exact) mass is 246 g/mol. The largest absolute Gasteiger partial charge is 0.326 e. The van der Waals surface area contributed by atoms with E-state index < -0.39 is 0 Å². The van der Waals surface area contributed by atoms with Crippen LogP contribution in [0.5, 0.6) is 0 Å². The molecule has 1 aliphatic rings. The minimum absolute atomic E-state index is 0.0481. The second-order valence-electron chi connectivity index (χ2n) is 4.88. The van der Waals surface area contributed by atoms with Gasteiger partial charge in [0.2, 0.25) is 5.91 Å². The van der Waals surface area contributed by atoms with Gasteiger partial charge in [0.15, 0.2) is 0 Å². The summed E-state index contributed by atoms with van der Waals surface area (Å²) in [4.78, 5) is 14.3. The molecule has 98 valence electrons. The minimum Gasteiger partial charge on any atom is -0.326 e. The lowest BCUT2D eigenvalue weighted by Crippen LogP contribution is -2.38. The number of hydrogen-bond donors (Lipinski definition) is 1. The van der Waals surface area contributed by atoms with Gasteiger partial charge in [-0.05, 0) is 24.8 Å². The summed E-state index contributed by atoms with van der Waals surface area (Å²) in [7, 11) is 0. The molecule has 0 radical (unpaired) electrons. The Hall–Kier alpha value is -1.35. The predicted molar refractivity (Wildman–Crippen MR) is 73.2 cm³/mol. The highest BCUT2D eigenvalue weighted by atomic mass is 16.2. The van der Waals surface area contributed by atoms with Gasteiger partial charge in [0, 0.05) is 6.04 Å². The summed E-state index contributed by atoms with van der Waals surface area (Å²) in [6.07, 6.45) is 2.85. The van der Waals surface area contributed by atoms with Crippen molar-refractivity contribution in [1.29, 1.82) is 0 Å². The number of amides is 1. The first kappa shape index (κ1) is 13.1. The maximum absolute atomic E-state index is 12.3. The van der Waals surface area contributed by atoms with E-state index in [4.69, 9.17) is 0 Å². The first-order valence-corrected chi connectivity index (χ1v) is 6.84. The fraction of sp³-hybridized carbons (Fsp3) is 0.533. The fourth-order valence-corrected chi connectivity index (χ4v) is 2.62. The molecule has 1 saturated heterocycles. The van der Waals surface area contributed by atoms with E-state index in [0.717, 1.165) is 19.3 Å². The molecule has 1 aromatic carbocycles. The van der Waals surface area contributed by atoms with Gasteiger partial charge in [-0.15, -0.1) is 0 Å². The standard InChI is InChI=1S/C15H22N2O/c1-3-13(4-2)17-11-16-14(15(17)18)10-12-8-6-5-7-9-12/h5-9,13-14,16H,3-4,10-11H2,1-2H3. The summed E-state index contributed by atoms with van der Waals surface area (Å²) in [5.74, 6) is 0.257. The molecular formula is C15H22N2O. The van der Waals surface area contributed by atoms with Crippen LogP contribution in [-0.4, -0.2) is 29.6 Å². The lowest BCUT2D eigenvalue weighted by Gasteiger charge is -2.25. The number of nitrogens with zero attached hydrogens (tertiary/aromatic N) is 1. The molecule has 2 rings (SSSR count). The molecule has 0 bridgehead atoms. The van der Waals surface area contributed by atoms with Crippen LogP contribution in [0.25, 0.3) is 0 Å². The van der Waals surface area contributed by atoms with E-state index in [0.29, 0.717) is 12.7 Å². The predicted octanol–water partition coefficient (Wildman–Crippen LogP) is 2.18. The number of nitrogens with one attached hydrogen (secondary N) is 1. The van der Waals surface area contributed by atoms with E-state index in [9.17, 15) is 4.79 Å². The highest BCUT2D eigenvalue weighted by Gasteiger charge is 2.33. The average Bonchev–Trinajstić information content (AvgIpc) is 2.75. The second-order valence-corrected chi connectivity index (χ2v) is 4.88. The summed E-state index contributed by atoms with van der Waals surface area (Å²) in [6.45, 7) is 4.99. The summed E-state index contributed by atoms with van der Waals surface area (Å²) in [5.41, 5.74) is 1.22. The molecule has 1 atom stereocenters. The molecule has 0 saturated carbocycles. The SMILES string of the molecule is CCC(CC)N1CNC(Cc2ccccc2)C1=O. The van der Waals surface area contributed by atoms with Crippen LogP contribution in [0.15, 0.2) is 30.3 Å². The quantitative estimate of drug-likeness (QED) is 0.863. The Bertz CT molecular complexity index is 387. The number of hydrogen-bond acceptors (Lipinski definition) is 2. The van der Waals surface area contributed by atoms with Gasteiger partial charge in [-0.2, -0.15) is 0 Å². The smallest absolute Gasteiger partial charge is 0.241 e. The normalized spacial score (nSPS) is 19.8. The Morgan fingerprint density at radius 3 is 2.56 bits per heavy atom. The molecule has 1 fully saturated rings. The number of rotatable bonds is 5. The lowest BCUT2D eigenvalue weighted by atomic mass is 10.1. The van der Waals surface area contributed by atoms with Gasteiger partial charge in [-0.1, -0.05) is 44.2 Å². The van der Waals surface area contributed by atoms with Gasteiger partial charge in [0.25, 0.3) is 0 Å². The Balaban J connectivity index is 1.99. The van der Waals surface area contributed by atoms with Crippen LogP contribution < -0.4 is 5.32 Å². The van der Waals surface area contributed by atoms with Crippen LogP contribution in [0.3, 0.4) is 0 Å². The van der Waals surface area contributed by atoms with Crippen molar-refractivity contribution in [2.45, 2.75) is 45.2 Å². The molecule has 1 heterocycles. The van der Waals surface area contributed by atoms with Gasteiger partial charge < -0.3 is 4.90 Å². The zero-order chi connectivity index (χ0) is 13.0. The average molecular weight is 246 g/mol. The van der Waals surface area contributed by atoms with Gasteiger partial charge in [-0.3, -0.25) is 10.1 Å². The second kappa shape index (κ2) is 6.01. The maximum atomic E-state index is 12.3. The first-order chi connectivity index (χ1) is 8.76. The Morgan fingerprint density at radius 1 is 1.28 bits per heavy atom. The lowest BCUT2D eigenvalue weighted by molar-refractivity contribution is -0.130. The molecule has 1 amide bonds. The van der Waals surface area contributed by atoms with Gasteiger partial charge in [0.05, 0.1) is 12.7 Å². The van der Waals surface area contributed by atoms with Crippen molar-refractivity contribution >= 4 is 5.91 Å². The van der Waals surface area contributed by atoms with E-state index in [1.54, 1.807) is 0 Å². The molecule has 0 aromatic heterocycles. The molecule has 18 heavy (non-hydrogen) atoms. The number of carbonyl (C=O) groups excluding carboxylic acids is 1. The van der Waals surface area contributed by atoms with Crippen molar-refractivity contribution in [1.82, 2.24) is 10.2 Å². The van der Waals surface area contributed by atoms with Crippen LogP contribution in [0.1, 0.15) is 32.3 Å². The molecule has 1 N–H and O–H groups in total. The molecule has 0 aliphatic carbocycles. The topological polar surface area (TPSA) is 32.3 Å². The fourth-order valence-electron chi connectivity index (χ4n) is 2.62. The highest BCUT2D eigenvalue weighted by Crippen LogP contribution is 2.16. The van der Waals surface area contributed by atoms with Crippen LogP contribution in [0.2, 0.25) is 0 Å². The highest BCUT2D eigenvalue weighted by molar-refractivity contribution is 5.84. The number of benzene rings is 1. The van der Waals surface area contributed by atoms with Crippen molar-refractivity contribution in [3.63, 3.8) is 0 Å². The zero-order valence-electron chi connectivity index (χ0n) is 11.2. The first-order valence-electron chi connectivity index (χ1n) is 6.84. The summed E-state index contributed by atoms with van der Waals surface area (Å²) >= 11 is 0. The van der Waals surface area contributed by atoms with Gasteiger partial charge in [0.1, 0.15) is 0 Å². The van der Waals surface area contributed by atoms with Crippen molar-refractivity contribution in [3.8, 4) is 0 Å². The molecule has 0 spiro atoms. The molecule has 1 aliphatic heterocycles. The zero-order valence-corrected chi connectivity index (χ0v) is 11.2. The summed E-state index contributed by atoms with van der Waals surface area (Å²) in [5, 5.41) is 3.33. The summed E-state index contributed by atoms with van der Waals surface area (Å²) in [6, 6.07) is 10.5. The van der Waals surface area contributed by atoms with E-state index in [1.807, 2.05) is 23.1 Å². The minimum atomic E-state index is -0.0481. The van der Waals surface area contributed by atoms with Crippen LogP contribution in [0, 0.1) is 0 Å². The van der Waals surface area contributed by atoms with Crippen LogP contribution >= 0.6 is 0 Å². The molecular weight excluding hydrogens is 224 g/mol. The van der Waals surface area contributed by atoms with Crippen molar-refractivity contribution in [2.75, 3.05) is 6.67 Å². The molecule has 3 heteroatoms. The third-order valence-corrected chi connectivity index (χ3v) is 3.76. The van der Waals surface area contributed by atoms with Gasteiger partial charge in [-0.25, -0.2) is 0 Å². The summed E-state index contributed by atoms with van der Waals surface area (Å²) < 4.78 is 0. The van der Waals surface area contributed by atoms with E-state index in [-0.39, 0.29) is 11.9 Å². The Labute approximate surface area is 109 Å². The third kappa shape index (κ3) is 2.72. The van der Waals surface area contributed by atoms with Crippen LogP contribution in [-0.2, 0) is 11.2 Å². The van der Waals surface area contributed by atoms with E-state index >= 15 is 0 Å². The van der Waals surface area contributed by atoms with Crippen molar-refractivity contribution in [3.05, 3.63) is 35.9 Å². The van der Waals surface area contributed by atoms with Crippen LogP contribution in [0.4, 0.5) is 0 Å². The van der Waals surface area contributed by atoms with E-state index in [2.05, 4.69) is 31.3 Å². The Morgan fingerprint density at radius 2 is 1.94 bits per heavy atom. The maximum Gasteiger partial charge on any atom is 0.241 e. The third-order valence-electron chi connectivity index (χ3n) is 3.76. The van der Waals surface area contributed by atoms with Gasteiger partial charge >= 0.3 is 0 Å². The Kier molecular flexibility index (Phi) is 4.37.